The lowest BCUT2D eigenvalue weighted by Crippen LogP contribution is -2.43. The van der Waals surface area contributed by atoms with Crippen molar-refractivity contribution in [2.75, 3.05) is 31.2 Å². The van der Waals surface area contributed by atoms with Crippen LogP contribution in [0, 0.1) is 5.92 Å². The van der Waals surface area contributed by atoms with Gasteiger partial charge in [-0.2, -0.15) is 0 Å². The van der Waals surface area contributed by atoms with Gasteiger partial charge in [-0.25, -0.2) is 13.1 Å². The average molecular weight is 436 g/mol. The zero-order valence-electron chi connectivity index (χ0n) is 16.3. The maximum atomic E-state index is 12.9. The highest BCUT2D eigenvalue weighted by atomic mass is 32.2. The van der Waals surface area contributed by atoms with Gasteiger partial charge in [-0.3, -0.25) is 9.59 Å². The second-order valence-electron chi connectivity index (χ2n) is 7.13. The fourth-order valence-electron chi connectivity index (χ4n) is 3.28. The SMILES string of the molecule is CS(=O)(=O)NCCc1ccc(C(=O)N2CCCC(C(=O)Nc3ccccc3)C2)s1. The number of piperidine rings is 1. The Balaban J connectivity index is 1.56. The van der Waals surface area contributed by atoms with E-state index in [-0.39, 0.29) is 17.7 Å². The van der Waals surface area contributed by atoms with Crippen LogP contribution in [0.1, 0.15) is 27.4 Å². The van der Waals surface area contributed by atoms with Gasteiger partial charge in [-0.15, -0.1) is 11.3 Å². The summed E-state index contributed by atoms with van der Waals surface area (Å²) in [6.07, 6.45) is 3.20. The van der Waals surface area contributed by atoms with Crippen LogP contribution in [0.3, 0.4) is 0 Å². The highest BCUT2D eigenvalue weighted by Gasteiger charge is 2.29. The first-order chi connectivity index (χ1) is 13.8. The molecule has 2 heterocycles. The normalized spacial score (nSPS) is 17.1. The molecule has 1 aromatic heterocycles. The van der Waals surface area contributed by atoms with Crippen LogP contribution in [-0.4, -0.2) is 51.0 Å². The zero-order chi connectivity index (χ0) is 20.9. The topological polar surface area (TPSA) is 95.6 Å². The van der Waals surface area contributed by atoms with Crippen molar-refractivity contribution in [3.63, 3.8) is 0 Å². The molecule has 1 aliphatic heterocycles. The van der Waals surface area contributed by atoms with E-state index in [9.17, 15) is 18.0 Å². The number of thiophene rings is 1. The largest absolute Gasteiger partial charge is 0.337 e. The Kier molecular flexibility index (Phi) is 7.05. The number of amides is 2. The van der Waals surface area contributed by atoms with Gasteiger partial charge in [0.25, 0.3) is 5.91 Å². The Hall–Kier alpha value is -2.23. The Morgan fingerprint density at radius 3 is 2.66 bits per heavy atom. The highest BCUT2D eigenvalue weighted by molar-refractivity contribution is 7.88. The number of carbonyl (C=O) groups is 2. The minimum absolute atomic E-state index is 0.0626. The summed E-state index contributed by atoms with van der Waals surface area (Å²) in [6, 6.07) is 12.9. The minimum Gasteiger partial charge on any atom is -0.337 e. The molecule has 0 aliphatic carbocycles. The fourth-order valence-corrected chi connectivity index (χ4v) is 4.73. The molecule has 3 rings (SSSR count). The van der Waals surface area contributed by atoms with Crippen molar-refractivity contribution in [1.82, 2.24) is 9.62 Å². The van der Waals surface area contributed by atoms with Gasteiger partial charge < -0.3 is 10.2 Å². The first kappa shape index (κ1) is 21.5. The molecular formula is C20H25N3O4S2. The lowest BCUT2D eigenvalue weighted by molar-refractivity contribution is -0.121. The van der Waals surface area contributed by atoms with E-state index in [4.69, 9.17) is 0 Å². The maximum Gasteiger partial charge on any atom is 0.263 e. The molecule has 9 heteroatoms. The van der Waals surface area contributed by atoms with Crippen LogP contribution in [0.25, 0.3) is 0 Å². The van der Waals surface area contributed by atoms with Crippen molar-refractivity contribution in [3.05, 3.63) is 52.2 Å². The third-order valence-corrected chi connectivity index (χ3v) is 6.59. The molecule has 2 N–H and O–H groups in total. The summed E-state index contributed by atoms with van der Waals surface area (Å²) in [4.78, 5) is 28.7. The first-order valence-electron chi connectivity index (χ1n) is 9.50. The fraction of sp³-hybridized carbons (Fsp3) is 0.400. The van der Waals surface area contributed by atoms with E-state index in [2.05, 4.69) is 10.0 Å². The van der Waals surface area contributed by atoms with Crippen LogP contribution in [-0.2, 0) is 21.2 Å². The molecule has 0 saturated carbocycles. The average Bonchev–Trinajstić information content (AvgIpc) is 3.16. The number of benzene rings is 1. The van der Waals surface area contributed by atoms with Gasteiger partial charge in [0.05, 0.1) is 17.1 Å². The molecule has 156 valence electrons. The summed E-state index contributed by atoms with van der Waals surface area (Å²) >= 11 is 1.37. The highest BCUT2D eigenvalue weighted by Crippen LogP contribution is 2.24. The molecule has 2 aromatic rings. The molecule has 1 fully saturated rings. The Morgan fingerprint density at radius 1 is 1.17 bits per heavy atom. The molecule has 0 radical (unpaired) electrons. The van der Waals surface area contributed by atoms with Crippen LogP contribution < -0.4 is 10.0 Å². The van der Waals surface area contributed by atoms with Crippen LogP contribution >= 0.6 is 11.3 Å². The minimum atomic E-state index is -3.22. The van der Waals surface area contributed by atoms with Crippen LogP contribution in [0.2, 0.25) is 0 Å². The molecule has 1 unspecified atom stereocenters. The number of likely N-dealkylation sites (tertiary alicyclic amines) is 1. The molecular weight excluding hydrogens is 410 g/mol. The molecule has 1 atom stereocenters. The third kappa shape index (κ3) is 6.38. The number of sulfonamides is 1. The van der Waals surface area contributed by atoms with Crippen molar-refractivity contribution >= 4 is 38.9 Å². The number of carbonyl (C=O) groups excluding carboxylic acids is 2. The Morgan fingerprint density at radius 2 is 1.93 bits per heavy atom. The number of para-hydroxylation sites is 1. The predicted octanol–water partition coefficient (Wildman–Crippen LogP) is 2.33. The van der Waals surface area contributed by atoms with Gasteiger partial charge >= 0.3 is 0 Å². The summed E-state index contributed by atoms with van der Waals surface area (Å²) in [5.74, 6) is -0.367. The number of rotatable bonds is 7. The van der Waals surface area contributed by atoms with E-state index in [1.54, 1.807) is 11.0 Å². The maximum absolute atomic E-state index is 12.9. The molecule has 1 aliphatic rings. The Labute approximate surface area is 175 Å². The molecule has 0 bridgehead atoms. The summed E-state index contributed by atoms with van der Waals surface area (Å²) in [5.41, 5.74) is 0.756. The lowest BCUT2D eigenvalue weighted by atomic mass is 9.97. The van der Waals surface area contributed by atoms with Crippen molar-refractivity contribution in [1.29, 1.82) is 0 Å². The summed E-state index contributed by atoms with van der Waals surface area (Å²) in [5, 5.41) is 2.92. The van der Waals surface area contributed by atoms with Crippen molar-refractivity contribution in [2.24, 2.45) is 5.92 Å². The molecule has 1 aromatic carbocycles. The van der Waals surface area contributed by atoms with E-state index < -0.39 is 10.0 Å². The zero-order valence-corrected chi connectivity index (χ0v) is 17.9. The quantitative estimate of drug-likeness (QED) is 0.698. The summed E-state index contributed by atoms with van der Waals surface area (Å²) in [6.45, 7) is 1.34. The number of anilines is 1. The van der Waals surface area contributed by atoms with E-state index in [0.717, 1.165) is 29.7 Å². The Bertz CT molecular complexity index is 957. The standard InChI is InChI=1S/C20H25N3O4S2/c1-29(26,27)21-12-11-17-9-10-18(28-17)20(25)23-13-5-6-15(14-23)19(24)22-16-7-3-2-4-8-16/h2-4,7-10,15,21H,5-6,11-14H2,1H3,(H,22,24). The molecule has 0 spiro atoms. The monoisotopic (exact) mass is 435 g/mol. The van der Waals surface area contributed by atoms with Gasteiger partial charge in [0.2, 0.25) is 15.9 Å². The lowest BCUT2D eigenvalue weighted by Gasteiger charge is -2.31. The van der Waals surface area contributed by atoms with E-state index >= 15 is 0 Å². The van der Waals surface area contributed by atoms with Crippen LogP contribution in [0.5, 0.6) is 0 Å². The van der Waals surface area contributed by atoms with Gasteiger partial charge in [0.15, 0.2) is 0 Å². The molecule has 2 amide bonds. The number of hydrogen-bond donors (Lipinski definition) is 2. The second kappa shape index (κ2) is 9.51. The smallest absolute Gasteiger partial charge is 0.263 e. The molecule has 29 heavy (non-hydrogen) atoms. The molecule has 1 saturated heterocycles. The molecule has 7 nitrogen and oxygen atoms in total. The van der Waals surface area contributed by atoms with Crippen molar-refractivity contribution < 1.29 is 18.0 Å². The summed E-state index contributed by atoms with van der Waals surface area (Å²) < 4.78 is 24.7. The van der Waals surface area contributed by atoms with Gasteiger partial charge in [-0.1, -0.05) is 18.2 Å². The second-order valence-corrected chi connectivity index (χ2v) is 10.1. The number of nitrogens with zero attached hydrogens (tertiary/aromatic N) is 1. The van der Waals surface area contributed by atoms with E-state index in [1.807, 2.05) is 36.4 Å². The third-order valence-electron chi connectivity index (χ3n) is 4.73. The van der Waals surface area contributed by atoms with Crippen molar-refractivity contribution in [2.45, 2.75) is 19.3 Å². The summed E-state index contributed by atoms with van der Waals surface area (Å²) in [7, 11) is -3.22. The van der Waals surface area contributed by atoms with E-state index in [0.29, 0.717) is 30.9 Å². The van der Waals surface area contributed by atoms with Crippen molar-refractivity contribution in [3.8, 4) is 0 Å². The van der Waals surface area contributed by atoms with Gasteiger partial charge in [0.1, 0.15) is 0 Å². The number of nitrogens with one attached hydrogen (secondary N) is 2. The van der Waals surface area contributed by atoms with Gasteiger partial charge in [-0.05, 0) is 43.5 Å². The van der Waals surface area contributed by atoms with Crippen LogP contribution in [0.15, 0.2) is 42.5 Å². The van der Waals surface area contributed by atoms with E-state index in [1.165, 1.54) is 11.3 Å². The number of hydrogen-bond acceptors (Lipinski definition) is 5. The van der Waals surface area contributed by atoms with Gasteiger partial charge in [0, 0.05) is 30.2 Å². The van der Waals surface area contributed by atoms with Crippen LogP contribution in [0.4, 0.5) is 5.69 Å². The first-order valence-corrected chi connectivity index (χ1v) is 12.2. The predicted molar refractivity (Wildman–Crippen MR) is 115 cm³/mol.